The molecule has 0 saturated heterocycles. The van der Waals surface area contributed by atoms with Crippen LogP contribution in [0.5, 0.6) is 0 Å². The molecule has 0 unspecified atom stereocenters. The predicted octanol–water partition coefficient (Wildman–Crippen LogP) is 6.29. The maximum Gasteiger partial charge on any atom is 0.131 e. The fourth-order valence-corrected chi connectivity index (χ4v) is 6.17. The zero-order valence-electron chi connectivity index (χ0n) is 17.9. The zero-order valence-corrected chi connectivity index (χ0v) is 20.3. The maximum atomic E-state index is 8.97. The van der Waals surface area contributed by atoms with Gasteiger partial charge >= 0.3 is 0 Å². The highest BCUT2D eigenvalue weighted by Gasteiger charge is 2.27. The summed E-state index contributed by atoms with van der Waals surface area (Å²) in [5.74, 6) is 7.01. The highest BCUT2D eigenvalue weighted by atomic mass is 35.5. The number of allylic oxidation sites excluding steroid dienone is 1. The molecule has 0 amide bonds. The monoisotopic (exact) mass is 485 g/mol. The van der Waals surface area contributed by atoms with Crippen molar-refractivity contribution in [1.29, 1.82) is 0 Å². The molecule has 3 aromatic heterocycles. The van der Waals surface area contributed by atoms with Crippen molar-refractivity contribution in [1.82, 2.24) is 4.98 Å². The molecule has 7 heteroatoms. The van der Waals surface area contributed by atoms with Crippen LogP contribution in [-0.4, -0.2) is 22.7 Å². The molecule has 4 rings (SSSR count). The van der Waals surface area contributed by atoms with E-state index in [0.717, 1.165) is 66.5 Å². The van der Waals surface area contributed by atoms with Crippen molar-refractivity contribution in [2.24, 2.45) is 5.73 Å². The fourth-order valence-electron chi connectivity index (χ4n) is 3.95. The number of aromatic nitrogens is 1. The Morgan fingerprint density at radius 3 is 2.91 bits per heavy atom. The number of halogens is 1. The largest absolute Gasteiger partial charge is 0.396 e. The number of aliphatic hydroxyl groups excluding tert-OH is 1. The molecule has 4 N–H and O–H groups in total. The van der Waals surface area contributed by atoms with Gasteiger partial charge in [0.25, 0.3) is 0 Å². The van der Waals surface area contributed by atoms with Gasteiger partial charge in [0.2, 0.25) is 0 Å². The van der Waals surface area contributed by atoms with E-state index in [1.165, 1.54) is 9.75 Å². The summed E-state index contributed by atoms with van der Waals surface area (Å²) in [5.41, 5.74) is 9.37. The third kappa shape index (κ3) is 5.54. The Labute approximate surface area is 202 Å². The number of hydrogen-bond donors (Lipinski definition) is 3. The van der Waals surface area contributed by atoms with E-state index in [2.05, 4.69) is 46.8 Å². The minimum atomic E-state index is 0.0798. The first-order chi connectivity index (χ1) is 15.7. The summed E-state index contributed by atoms with van der Waals surface area (Å²) < 4.78 is 1.09. The van der Waals surface area contributed by atoms with Crippen LogP contribution in [0, 0.1) is 11.8 Å². The number of aliphatic hydroxyl groups is 1. The van der Waals surface area contributed by atoms with Crippen LogP contribution in [0.1, 0.15) is 59.8 Å². The summed E-state index contributed by atoms with van der Waals surface area (Å²) in [7, 11) is 0. The van der Waals surface area contributed by atoms with E-state index in [4.69, 9.17) is 27.4 Å². The quantitative estimate of drug-likeness (QED) is 0.152. The first-order valence-electron chi connectivity index (χ1n) is 11.1. The van der Waals surface area contributed by atoms with Gasteiger partial charge in [0.15, 0.2) is 0 Å². The Morgan fingerprint density at radius 1 is 1.25 bits per heavy atom. The van der Waals surface area contributed by atoms with Gasteiger partial charge in [0, 0.05) is 47.4 Å². The first-order valence-corrected chi connectivity index (χ1v) is 13.1. The normalized spacial score (nSPS) is 18.0. The van der Waals surface area contributed by atoms with Crippen LogP contribution < -0.4 is 11.1 Å². The summed E-state index contributed by atoms with van der Waals surface area (Å²) in [4.78, 5) is 7.18. The molecule has 0 aliphatic heterocycles. The number of unbranched alkanes of at least 4 members (excludes halogenated alkanes) is 3. The number of pyridine rings is 1. The number of hydrogen-bond acceptors (Lipinski definition) is 6. The van der Waals surface area contributed by atoms with Crippen molar-refractivity contribution >= 4 is 50.2 Å². The van der Waals surface area contributed by atoms with Crippen LogP contribution >= 0.6 is 34.3 Å². The molecular formula is C25H28ClN3OS2. The average molecular weight is 486 g/mol. The predicted molar refractivity (Wildman–Crippen MR) is 138 cm³/mol. The van der Waals surface area contributed by atoms with Gasteiger partial charge in [-0.3, -0.25) is 0 Å². The molecule has 0 fully saturated rings. The molecule has 0 saturated carbocycles. The zero-order chi connectivity index (χ0) is 22.3. The summed E-state index contributed by atoms with van der Waals surface area (Å²) >= 11 is 9.93. The lowest BCUT2D eigenvalue weighted by molar-refractivity contribution is 0.283. The van der Waals surface area contributed by atoms with Crippen molar-refractivity contribution in [2.45, 2.75) is 57.0 Å². The molecule has 32 heavy (non-hydrogen) atoms. The van der Waals surface area contributed by atoms with E-state index in [1.54, 1.807) is 22.7 Å². The Morgan fingerprint density at radius 2 is 2.12 bits per heavy atom. The lowest BCUT2D eigenvalue weighted by Gasteiger charge is -2.24. The second-order valence-electron chi connectivity index (χ2n) is 7.99. The summed E-state index contributed by atoms with van der Waals surface area (Å²) in [5, 5.41) is 15.1. The number of anilines is 1. The minimum Gasteiger partial charge on any atom is -0.396 e. The molecule has 0 aromatic carbocycles. The van der Waals surface area contributed by atoms with Gasteiger partial charge in [-0.15, -0.1) is 22.7 Å². The highest BCUT2D eigenvalue weighted by molar-refractivity contribution is 7.20. The Hall–Kier alpha value is -1.88. The summed E-state index contributed by atoms with van der Waals surface area (Å²) in [6.07, 6.45) is 9.80. The Bertz CT molecular complexity index is 1130. The van der Waals surface area contributed by atoms with E-state index >= 15 is 0 Å². The number of rotatable bonds is 8. The van der Waals surface area contributed by atoms with Crippen LogP contribution in [0.15, 0.2) is 35.7 Å². The molecule has 2 atom stereocenters. The van der Waals surface area contributed by atoms with Gasteiger partial charge in [0.1, 0.15) is 10.7 Å². The molecule has 168 valence electrons. The molecule has 4 nitrogen and oxygen atoms in total. The second kappa shape index (κ2) is 11.3. The number of nitrogens with two attached hydrogens (primary N) is 1. The molecule has 0 radical (unpaired) electrons. The van der Waals surface area contributed by atoms with Crippen molar-refractivity contribution in [3.05, 3.63) is 56.2 Å². The lowest BCUT2D eigenvalue weighted by atomic mass is 9.87. The van der Waals surface area contributed by atoms with Gasteiger partial charge in [-0.25, -0.2) is 4.98 Å². The van der Waals surface area contributed by atoms with Crippen LogP contribution in [0.25, 0.3) is 10.2 Å². The van der Waals surface area contributed by atoms with E-state index in [0.29, 0.717) is 5.15 Å². The maximum absolute atomic E-state index is 8.97. The second-order valence-corrected chi connectivity index (χ2v) is 10.5. The third-order valence-corrected chi connectivity index (χ3v) is 8.08. The average Bonchev–Trinajstić information content (AvgIpc) is 3.43. The van der Waals surface area contributed by atoms with Gasteiger partial charge in [0.05, 0.1) is 16.0 Å². The number of nitrogens with zero attached hydrogens (tertiary/aromatic N) is 1. The molecule has 0 bridgehead atoms. The molecule has 1 aliphatic rings. The van der Waals surface area contributed by atoms with Crippen LogP contribution in [0.3, 0.4) is 0 Å². The van der Waals surface area contributed by atoms with Crippen molar-refractivity contribution < 1.29 is 5.11 Å². The fraction of sp³-hybridized carbons (Fsp3) is 0.400. The Kier molecular flexibility index (Phi) is 8.23. The topological polar surface area (TPSA) is 71.2 Å². The van der Waals surface area contributed by atoms with Gasteiger partial charge in [-0.1, -0.05) is 48.1 Å². The first kappa shape index (κ1) is 23.3. The Balaban J connectivity index is 1.71. The molecule has 1 aliphatic carbocycles. The van der Waals surface area contributed by atoms with Gasteiger partial charge in [-0.05, 0) is 37.1 Å². The highest BCUT2D eigenvalue weighted by Crippen LogP contribution is 2.43. The smallest absolute Gasteiger partial charge is 0.131 e. The van der Waals surface area contributed by atoms with E-state index in [1.807, 2.05) is 6.07 Å². The SMILES string of the molecule is N[C@H]1CC=CC[C@@H]1c1sc2c(NCc3cccs3)cc(Cl)nc2c1C#CCCCCCO. The minimum absolute atomic E-state index is 0.0798. The molecule has 3 heterocycles. The van der Waals surface area contributed by atoms with Crippen molar-refractivity contribution in [3.8, 4) is 11.8 Å². The standard InChI is InChI=1S/C25H28ClN3OS2/c26-22-15-21(28-16-17-9-8-14-31-17)25-23(29-22)19(11-4-2-1-3-7-13-30)24(32-25)18-10-5-6-12-20(18)27/h5-6,8-9,14-15,18,20,30H,1-3,7,10,12-13,16,27H2,(H,28,29)/t18-,20-/m0/s1. The summed E-state index contributed by atoms with van der Waals surface area (Å²) in [6, 6.07) is 6.17. The molecule has 0 spiro atoms. The molecule has 3 aromatic rings. The molecular weight excluding hydrogens is 458 g/mol. The lowest BCUT2D eigenvalue weighted by Crippen LogP contribution is -2.29. The number of thiophene rings is 2. The van der Waals surface area contributed by atoms with Crippen LogP contribution in [0.2, 0.25) is 5.15 Å². The summed E-state index contributed by atoms with van der Waals surface area (Å²) in [6.45, 7) is 0.987. The third-order valence-electron chi connectivity index (χ3n) is 5.66. The van der Waals surface area contributed by atoms with Gasteiger partial charge in [-0.2, -0.15) is 0 Å². The van der Waals surface area contributed by atoms with Crippen molar-refractivity contribution in [3.63, 3.8) is 0 Å². The van der Waals surface area contributed by atoms with Crippen LogP contribution in [-0.2, 0) is 6.54 Å². The van der Waals surface area contributed by atoms with Gasteiger partial charge < -0.3 is 16.2 Å². The van der Waals surface area contributed by atoms with Crippen molar-refractivity contribution in [2.75, 3.05) is 11.9 Å². The van der Waals surface area contributed by atoms with Crippen LogP contribution in [0.4, 0.5) is 5.69 Å². The number of fused-ring (bicyclic) bond motifs is 1. The van der Waals surface area contributed by atoms with E-state index < -0.39 is 0 Å². The van der Waals surface area contributed by atoms with E-state index in [9.17, 15) is 0 Å². The number of nitrogens with one attached hydrogen (secondary N) is 1. The van der Waals surface area contributed by atoms with E-state index in [-0.39, 0.29) is 18.6 Å².